The molecule has 1 fully saturated rings. The minimum atomic E-state index is -0.301. The Morgan fingerprint density at radius 1 is 1.28 bits per heavy atom. The van der Waals surface area contributed by atoms with Crippen molar-refractivity contribution in [3.05, 3.63) is 70.5 Å². The summed E-state index contributed by atoms with van der Waals surface area (Å²) in [5.41, 5.74) is 2.41. The number of benzene rings is 2. The van der Waals surface area contributed by atoms with E-state index in [1.54, 1.807) is 25.1 Å². The monoisotopic (exact) mass is 375 g/mol. The molecule has 1 heterocycles. The van der Waals surface area contributed by atoms with Crippen LogP contribution in [0, 0.1) is 5.82 Å². The number of amides is 1. The van der Waals surface area contributed by atoms with E-state index in [0.717, 1.165) is 11.1 Å². The molecule has 1 saturated heterocycles. The lowest BCUT2D eigenvalue weighted by Crippen LogP contribution is -2.25. The lowest BCUT2D eigenvalue weighted by Gasteiger charge is -2.05. The molecule has 1 atom stereocenters. The van der Waals surface area contributed by atoms with E-state index in [1.165, 1.54) is 23.9 Å². The lowest BCUT2D eigenvalue weighted by atomic mass is 10.1. The minimum Gasteiger partial charge on any atom is -0.303 e. The molecule has 1 aliphatic heterocycles. The normalized spacial score (nSPS) is 19.3. The van der Waals surface area contributed by atoms with Crippen LogP contribution in [0.25, 0.3) is 0 Å². The van der Waals surface area contributed by atoms with Crippen molar-refractivity contribution in [1.82, 2.24) is 5.32 Å². The molecule has 0 radical (unpaired) electrons. The van der Waals surface area contributed by atoms with Crippen molar-refractivity contribution in [2.24, 2.45) is 10.2 Å². The number of thioether (sulfide) groups is 1. The van der Waals surface area contributed by atoms with Crippen LogP contribution in [0.3, 0.4) is 0 Å². The van der Waals surface area contributed by atoms with Gasteiger partial charge in [-0.05, 0) is 48.7 Å². The highest BCUT2D eigenvalue weighted by Gasteiger charge is 2.30. The molecular weight excluding hydrogens is 361 g/mol. The van der Waals surface area contributed by atoms with Crippen molar-refractivity contribution in [3.63, 3.8) is 0 Å². The van der Waals surface area contributed by atoms with Crippen LogP contribution in [0.1, 0.15) is 18.1 Å². The van der Waals surface area contributed by atoms with E-state index < -0.39 is 0 Å². The van der Waals surface area contributed by atoms with E-state index in [4.69, 9.17) is 11.6 Å². The summed E-state index contributed by atoms with van der Waals surface area (Å²) in [5.74, 6) is -0.399. The molecule has 1 aliphatic rings. The Labute approximate surface area is 154 Å². The Morgan fingerprint density at radius 3 is 2.76 bits per heavy atom. The fourth-order valence-corrected chi connectivity index (χ4v) is 3.51. The second-order valence-corrected chi connectivity index (χ2v) is 7.16. The molecule has 4 nitrogen and oxygen atoms in total. The Bertz CT molecular complexity index is 852. The summed E-state index contributed by atoms with van der Waals surface area (Å²) in [6, 6.07) is 13.5. The van der Waals surface area contributed by atoms with E-state index in [2.05, 4.69) is 15.5 Å². The van der Waals surface area contributed by atoms with Gasteiger partial charge in [0, 0.05) is 5.02 Å². The molecule has 128 valence electrons. The SMILES string of the molecule is C/C(=N/N=C1/NC(=O)[C@@H](Cc2cccc(Cl)c2)S1)c1ccc(F)cc1. The van der Waals surface area contributed by atoms with E-state index in [0.29, 0.717) is 22.3 Å². The summed E-state index contributed by atoms with van der Waals surface area (Å²) in [4.78, 5) is 12.1. The molecule has 0 spiro atoms. The first-order valence-corrected chi connectivity index (χ1v) is 8.87. The molecule has 2 aromatic carbocycles. The van der Waals surface area contributed by atoms with Crippen LogP contribution in [-0.2, 0) is 11.2 Å². The minimum absolute atomic E-state index is 0.0987. The van der Waals surface area contributed by atoms with Crippen molar-refractivity contribution in [1.29, 1.82) is 0 Å². The molecule has 0 aromatic heterocycles. The molecule has 3 rings (SSSR count). The first kappa shape index (κ1) is 17.6. The van der Waals surface area contributed by atoms with Gasteiger partial charge in [0.15, 0.2) is 5.17 Å². The molecule has 1 N–H and O–H groups in total. The van der Waals surface area contributed by atoms with E-state index in [-0.39, 0.29) is 17.0 Å². The first-order chi connectivity index (χ1) is 12.0. The largest absolute Gasteiger partial charge is 0.303 e. The van der Waals surface area contributed by atoms with Gasteiger partial charge in [-0.15, -0.1) is 5.10 Å². The van der Waals surface area contributed by atoms with Crippen molar-refractivity contribution in [3.8, 4) is 0 Å². The van der Waals surface area contributed by atoms with Crippen LogP contribution in [0.15, 0.2) is 58.7 Å². The average Bonchev–Trinajstić information content (AvgIpc) is 2.93. The van der Waals surface area contributed by atoms with Crippen LogP contribution in [0.2, 0.25) is 5.02 Å². The summed E-state index contributed by atoms with van der Waals surface area (Å²) in [7, 11) is 0. The smallest absolute Gasteiger partial charge is 0.239 e. The zero-order chi connectivity index (χ0) is 17.8. The van der Waals surface area contributed by atoms with E-state index in [1.807, 2.05) is 18.2 Å². The Morgan fingerprint density at radius 2 is 2.04 bits per heavy atom. The molecule has 0 aliphatic carbocycles. The van der Waals surface area contributed by atoms with Gasteiger partial charge >= 0.3 is 0 Å². The van der Waals surface area contributed by atoms with Gasteiger partial charge in [0.05, 0.1) is 11.0 Å². The van der Waals surface area contributed by atoms with Gasteiger partial charge in [0.25, 0.3) is 0 Å². The number of halogens is 2. The van der Waals surface area contributed by atoms with Gasteiger partial charge in [0.1, 0.15) is 5.82 Å². The lowest BCUT2D eigenvalue weighted by molar-refractivity contribution is -0.118. The van der Waals surface area contributed by atoms with Crippen LogP contribution < -0.4 is 5.32 Å². The van der Waals surface area contributed by atoms with Crippen LogP contribution in [0.4, 0.5) is 4.39 Å². The number of rotatable bonds is 4. The molecule has 1 amide bonds. The summed E-state index contributed by atoms with van der Waals surface area (Å²) >= 11 is 7.31. The number of hydrogen-bond acceptors (Lipinski definition) is 4. The highest BCUT2D eigenvalue weighted by atomic mass is 35.5. The van der Waals surface area contributed by atoms with Crippen LogP contribution >= 0.6 is 23.4 Å². The van der Waals surface area contributed by atoms with Gasteiger partial charge < -0.3 is 5.32 Å². The summed E-state index contributed by atoms with van der Waals surface area (Å²) in [5, 5.41) is 11.8. The Kier molecular flexibility index (Phi) is 5.50. The first-order valence-electron chi connectivity index (χ1n) is 7.61. The van der Waals surface area contributed by atoms with Crippen molar-refractivity contribution in [2.45, 2.75) is 18.6 Å². The second kappa shape index (κ2) is 7.80. The standard InChI is InChI=1S/C18H15ClFN3OS/c1-11(13-5-7-15(20)8-6-13)22-23-18-21-17(24)16(25-18)10-12-3-2-4-14(19)9-12/h2-9,16H,10H2,1H3,(H,21,23,24)/b22-11-/t16-/m1/s1. The third kappa shape index (κ3) is 4.67. The molecule has 2 aromatic rings. The van der Waals surface area contributed by atoms with Crippen molar-refractivity contribution >= 4 is 40.1 Å². The number of nitrogens with one attached hydrogen (secondary N) is 1. The zero-order valence-corrected chi connectivity index (χ0v) is 14.9. The number of hydrogen-bond donors (Lipinski definition) is 1. The van der Waals surface area contributed by atoms with Gasteiger partial charge in [-0.25, -0.2) is 4.39 Å². The third-order valence-electron chi connectivity index (χ3n) is 3.64. The average molecular weight is 376 g/mol. The van der Waals surface area contributed by atoms with Crippen molar-refractivity contribution in [2.75, 3.05) is 0 Å². The number of amidine groups is 1. The zero-order valence-electron chi connectivity index (χ0n) is 13.4. The number of nitrogens with zero attached hydrogens (tertiary/aromatic N) is 2. The highest BCUT2D eigenvalue weighted by molar-refractivity contribution is 8.15. The summed E-state index contributed by atoms with van der Waals surface area (Å²) in [6.07, 6.45) is 0.566. The fourth-order valence-electron chi connectivity index (χ4n) is 2.33. The maximum Gasteiger partial charge on any atom is 0.239 e. The maximum absolute atomic E-state index is 12.9. The van der Waals surface area contributed by atoms with Gasteiger partial charge in [-0.2, -0.15) is 5.10 Å². The fraction of sp³-hybridized carbons (Fsp3) is 0.167. The molecule has 25 heavy (non-hydrogen) atoms. The molecule has 0 saturated carbocycles. The topological polar surface area (TPSA) is 53.8 Å². The summed E-state index contributed by atoms with van der Waals surface area (Å²) in [6.45, 7) is 1.78. The molecule has 0 bridgehead atoms. The van der Waals surface area contributed by atoms with E-state index >= 15 is 0 Å². The molecule has 0 unspecified atom stereocenters. The van der Waals surface area contributed by atoms with Crippen LogP contribution in [-0.4, -0.2) is 22.0 Å². The maximum atomic E-state index is 12.9. The second-order valence-electron chi connectivity index (χ2n) is 5.53. The molecular formula is C18H15ClFN3OS. The Balaban J connectivity index is 1.68. The van der Waals surface area contributed by atoms with Crippen molar-refractivity contribution < 1.29 is 9.18 Å². The number of carbonyl (C=O) groups is 1. The van der Waals surface area contributed by atoms with E-state index in [9.17, 15) is 9.18 Å². The number of carbonyl (C=O) groups excluding carboxylic acids is 1. The quantitative estimate of drug-likeness (QED) is 0.647. The van der Waals surface area contributed by atoms with Crippen LogP contribution in [0.5, 0.6) is 0 Å². The third-order valence-corrected chi connectivity index (χ3v) is 4.95. The predicted octanol–water partition coefficient (Wildman–Crippen LogP) is 4.03. The summed E-state index contributed by atoms with van der Waals surface area (Å²) < 4.78 is 12.9. The Hall–Kier alpha value is -2.18. The van der Waals surface area contributed by atoms with Gasteiger partial charge in [0.2, 0.25) is 5.91 Å². The molecule has 7 heteroatoms. The van der Waals surface area contributed by atoms with Gasteiger partial charge in [-0.1, -0.05) is 47.6 Å². The highest BCUT2D eigenvalue weighted by Crippen LogP contribution is 2.24. The predicted molar refractivity (Wildman–Crippen MR) is 101 cm³/mol. The van der Waals surface area contributed by atoms with Gasteiger partial charge in [-0.3, -0.25) is 4.79 Å².